The monoisotopic (exact) mass is 350 g/mol. The van der Waals surface area contributed by atoms with Crippen LogP contribution in [0.4, 0.5) is 11.4 Å². The molecule has 0 spiro atoms. The quantitative estimate of drug-likeness (QED) is 0.478. The van der Waals surface area contributed by atoms with Crippen LogP contribution in [0.3, 0.4) is 0 Å². The molecule has 0 aliphatic heterocycles. The minimum absolute atomic E-state index is 0.0766. The molecule has 0 aliphatic rings. The first-order chi connectivity index (χ1) is 11.3. The van der Waals surface area contributed by atoms with Gasteiger partial charge in [-0.25, -0.2) is 0 Å². The van der Waals surface area contributed by atoms with E-state index < -0.39 is 30.5 Å². The van der Waals surface area contributed by atoms with E-state index >= 15 is 0 Å². The topological polar surface area (TPSA) is 145 Å². The molecular weight excluding hydrogens is 340 g/mol. The summed E-state index contributed by atoms with van der Waals surface area (Å²) in [5, 5.41) is 25.2. The number of nitrogens with zero attached hydrogens (tertiary/aromatic N) is 3. The van der Waals surface area contributed by atoms with E-state index in [0.29, 0.717) is 0 Å². The summed E-state index contributed by atoms with van der Waals surface area (Å²) < 4.78 is 24.2. The number of para-hydroxylation sites is 2. The Morgan fingerprint density at radius 1 is 0.917 bits per heavy atom. The summed E-state index contributed by atoms with van der Waals surface area (Å²) in [5.74, 6) is 0. The highest BCUT2D eigenvalue weighted by atomic mass is 32.2. The SMILES string of the molecule is O=[N+]([O-])c1ccccc1C=NNS(=O)(=O)c1ccccc1[N+](=O)[O-]. The van der Waals surface area contributed by atoms with E-state index in [0.717, 1.165) is 18.3 Å². The zero-order valence-electron chi connectivity index (χ0n) is 11.9. The standard InChI is InChI=1S/C13H10N4O6S/c18-16(19)11-6-2-1-5-10(11)9-14-15-24(22,23)13-8-4-3-7-12(13)17(20)21/h1-9,15H. The Hall–Kier alpha value is -3.34. The van der Waals surface area contributed by atoms with E-state index in [1.54, 1.807) is 4.83 Å². The summed E-state index contributed by atoms with van der Waals surface area (Å²) in [6.45, 7) is 0. The summed E-state index contributed by atoms with van der Waals surface area (Å²) >= 11 is 0. The van der Waals surface area contributed by atoms with Gasteiger partial charge in [-0.3, -0.25) is 20.2 Å². The predicted octanol–water partition coefficient (Wildman–Crippen LogP) is 1.82. The number of hydrogen-bond donors (Lipinski definition) is 1. The van der Waals surface area contributed by atoms with Crippen molar-refractivity contribution in [2.45, 2.75) is 4.90 Å². The molecule has 2 aromatic rings. The Labute approximate surface area is 135 Å². The van der Waals surface area contributed by atoms with Gasteiger partial charge in [0.05, 0.1) is 21.6 Å². The minimum Gasteiger partial charge on any atom is -0.258 e. The maximum absolute atomic E-state index is 12.1. The molecule has 1 N–H and O–H groups in total. The van der Waals surface area contributed by atoms with E-state index in [1.807, 2.05) is 0 Å². The molecular formula is C13H10N4O6S. The normalized spacial score (nSPS) is 11.3. The van der Waals surface area contributed by atoms with Crippen LogP contribution in [0.15, 0.2) is 58.5 Å². The Morgan fingerprint density at radius 2 is 1.46 bits per heavy atom. The second-order valence-corrected chi connectivity index (χ2v) is 6.02. The molecule has 2 aromatic carbocycles. The third-order valence-corrected chi connectivity index (χ3v) is 4.13. The number of sulfonamides is 1. The van der Waals surface area contributed by atoms with Gasteiger partial charge in [0.25, 0.3) is 21.4 Å². The van der Waals surface area contributed by atoms with Crippen LogP contribution >= 0.6 is 0 Å². The first-order valence-corrected chi connectivity index (χ1v) is 7.83. The fourth-order valence-corrected chi connectivity index (χ4v) is 2.78. The van der Waals surface area contributed by atoms with Crippen LogP contribution in [0.5, 0.6) is 0 Å². The second-order valence-electron chi connectivity index (χ2n) is 4.39. The van der Waals surface area contributed by atoms with Crippen LogP contribution in [0, 0.1) is 20.2 Å². The van der Waals surface area contributed by atoms with Crippen LogP contribution < -0.4 is 4.83 Å². The summed E-state index contributed by atoms with van der Waals surface area (Å²) in [4.78, 5) is 21.5. The highest BCUT2D eigenvalue weighted by Crippen LogP contribution is 2.22. The number of hydrogen-bond acceptors (Lipinski definition) is 7. The second kappa shape index (κ2) is 6.83. The largest absolute Gasteiger partial charge is 0.289 e. The fourth-order valence-electron chi connectivity index (χ4n) is 1.81. The van der Waals surface area contributed by atoms with Crippen LogP contribution in [-0.4, -0.2) is 24.5 Å². The molecule has 0 saturated carbocycles. The lowest BCUT2D eigenvalue weighted by molar-refractivity contribution is -0.387. The zero-order valence-corrected chi connectivity index (χ0v) is 12.7. The lowest BCUT2D eigenvalue weighted by atomic mass is 10.2. The highest BCUT2D eigenvalue weighted by molar-refractivity contribution is 7.89. The maximum Gasteiger partial charge on any atom is 0.289 e. The van der Waals surface area contributed by atoms with Crippen molar-refractivity contribution in [1.82, 2.24) is 4.83 Å². The van der Waals surface area contributed by atoms with E-state index in [2.05, 4.69) is 5.10 Å². The smallest absolute Gasteiger partial charge is 0.258 e. The molecule has 10 nitrogen and oxygen atoms in total. The highest BCUT2D eigenvalue weighted by Gasteiger charge is 2.24. The summed E-state index contributed by atoms with van der Waals surface area (Å²) in [7, 11) is -4.30. The van der Waals surface area contributed by atoms with E-state index in [4.69, 9.17) is 0 Å². The lowest BCUT2D eigenvalue weighted by Crippen LogP contribution is -2.19. The minimum atomic E-state index is -4.30. The number of rotatable bonds is 6. The molecule has 0 saturated heterocycles. The Kier molecular flexibility index (Phi) is 4.84. The fraction of sp³-hybridized carbons (Fsp3) is 0. The van der Waals surface area contributed by atoms with Crippen molar-refractivity contribution in [1.29, 1.82) is 0 Å². The van der Waals surface area contributed by atoms with Crippen molar-refractivity contribution in [2.75, 3.05) is 0 Å². The number of benzene rings is 2. The molecule has 0 heterocycles. The molecule has 0 unspecified atom stereocenters. The van der Waals surface area contributed by atoms with Gasteiger partial charge in [-0.1, -0.05) is 24.3 Å². The van der Waals surface area contributed by atoms with Crippen molar-refractivity contribution >= 4 is 27.6 Å². The summed E-state index contributed by atoms with van der Waals surface area (Å²) in [6, 6.07) is 10.3. The first kappa shape index (κ1) is 17.0. The van der Waals surface area contributed by atoms with Crippen molar-refractivity contribution in [3.63, 3.8) is 0 Å². The zero-order chi connectivity index (χ0) is 17.7. The van der Waals surface area contributed by atoms with Crippen LogP contribution in [0.25, 0.3) is 0 Å². The van der Waals surface area contributed by atoms with Crippen molar-refractivity contribution in [3.8, 4) is 0 Å². The molecule has 0 radical (unpaired) electrons. The third kappa shape index (κ3) is 3.70. The average Bonchev–Trinajstić information content (AvgIpc) is 2.55. The molecule has 0 aromatic heterocycles. The number of nitrogens with one attached hydrogen (secondary N) is 1. The van der Waals surface area contributed by atoms with Crippen LogP contribution in [0.2, 0.25) is 0 Å². The molecule has 0 fully saturated rings. The molecule has 0 amide bonds. The van der Waals surface area contributed by atoms with Gasteiger partial charge in [0.15, 0.2) is 4.90 Å². The molecule has 2 rings (SSSR count). The molecule has 0 aliphatic carbocycles. The third-order valence-electron chi connectivity index (χ3n) is 2.86. The first-order valence-electron chi connectivity index (χ1n) is 6.34. The van der Waals surface area contributed by atoms with Gasteiger partial charge in [-0.15, -0.1) is 0 Å². The Morgan fingerprint density at radius 3 is 2.08 bits per heavy atom. The van der Waals surface area contributed by atoms with Gasteiger partial charge in [-0.05, 0) is 12.1 Å². The number of nitro groups is 2. The average molecular weight is 350 g/mol. The van der Waals surface area contributed by atoms with Gasteiger partial charge in [0.2, 0.25) is 0 Å². The van der Waals surface area contributed by atoms with Crippen LogP contribution in [0.1, 0.15) is 5.56 Å². The van der Waals surface area contributed by atoms with Crippen LogP contribution in [-0.2, 0) is 10.0 Å². The molecule has 0 atom stereocenters. The maximum atomic E-state index is 12.1. The van der Waals surface area contributed by atoms with Crippen molar-refractivity contribution in [2.24, 2.45) is 5.10 Å². The lowest BCUT2D eigenvalue weighted by Gasteiger charge is -2.04. The Bertz CT molecular complexity index is 926. The van der Waals surface area contributed by atoms with Crippen molar-refractivity contribution in [3.05, 3.63) is 74.3 Å². The van der Waals surface area contributed by atoms with E-state index in [9.17, 15) is 28.6 Å². The summed E-state index contributed by atoms with van der Waals surface area (Å²) in [5.41, 5.74) is -0.787. The predicted molar refractivity (Wildman–Crippen MR) is 84.1 cm³/mol. The van der Waals surface area contributed by atoms with Gasteiger partial charge in [0.1, 0.15) is 0 Å². The van der Waals surface area contributed by atoms with Gasteiger partial charge < -0.3 is 0 Å². The molecule has 124 valence electrons. The summed E-state index contributed by atoms with van der Waals surface area (Å²) in [6.07, 6.45) is 0.949. The Balaban J connectivity index is 2.29. The van der Waals surface area contributed by atoms with Gasteiger partial charge in [-0.2, -0.15) is 18.4 Å². The molecule has 11 heteroatoms. The molecule has 24 heavy (non-hydrogen) atoms. The van der Waals surface area contributed by atoms with Gasteiger partial charge in [0, 0.05) is 12.1 Å². The van der Waals surface area contributed by atoms with E-state index in [-0.39, 0.29) is 11.3 Å². The number of hydrazone groups is 1. The molecule has 0 bridgehead atoms. The van der Waals surface area contributed by atoms with Crippen molar-refractivity contribution < 1.29 is 18.3 Å². The number of nitro benzene ring substituents is 2. The van der Waals surface area contributed by atoms with Gasteiger partial charge >= 0.3 is 0 Å². The van der Waals surface area contributed by atoms with E-state index in [1.165, 1.54) is 36.4 Å².